The van der Waals surface area contributed by atoms with E-state index >= 15 is 0 Å². The zero-order valence-electron chi connectivity index (χ0n) is 14.9. The Morgan fingerprint density at radius 1 is 1.19 bits per heavy atom. The van der Waals surface area contributed by atoms with Gasteiger partial charge in [0.05, 0.1) is 16.6 Å². The summed E-state index contributed by atoms with van der Waals surface area (Å²) in [6.45, 7) is 4.30. The Kier molecular flexibility index (Phi) is 4.64. The zero-order valence-corrected chi connectivity index (χ0v) is 14.9. The van der Waals surface area contributed by atoms with E-state index in [0.717, 1.165) is 5.69 Å². The van der Waals surface area contributed by atoms with Crippen molar-refractivity contribution < 1.29 is 4.39 Å². The van der Waals surface area contributed by atoms with Crippen LogP contribution in [0, 0.1) is 12.7 Å². The molecule has 8 heteroatoms. The summed E-state index contributed by atoms with van der Waals surface area (Å²) in [6.07, 6.45) is 9.18. The molecule has 0 unspecified atom stereocenters. The number of aryl methyl sites for hydroxylation is 1. The molecule has 5 heterocycles. The van der Waals surface area contributed by atoms with E-state index in [1.165, 1.54) is 44.4 Å². The molecule has 1 aliphatic heterocycles. The molecule has 1 aliphatic rings. The Hall–Kier alpha value is -3.13. The van der Waals surface area contributed by atoms with E-state index in [9.17, 15) is 9.18 Å². The third-order valence-electron chi connectivity index (χ3n) is 4.36. The summed E-state index contributed by atoms with van der Waals surface area (Å²) in [4.78, 5) is 26.8. The molecule has 0 atom stereocenters. The average Bonchev–Trinajstić information content (AvgIpc) is 3.34. The molecule has 0 bridgehead atoms. The van der Waals surface area contributed by atoms with Gasteiger partial charge in [0, 0.05) is 30.4 Å². The highest BCUT2D eigenvalue weighted by Gasteiger charge is 2.11. The lowest BCUT2D eigenvalue weighted by molar-refractivity contribution is 0.630. The highest BCUT2D eigenvalue weighted by Crippen LogP contribution is 2.20. The van der Waals surface area contributed by atoms with Crippen molar-refractivity contribution in [2.24, 2.45) is 0 Å². The molecule has 2 N–H and O–H groups in total. The minimum absolute atomic E-state index is 0.254. The number of hydrogen-bond donors (Lipinski definition) is 2. The second kappa shape index (κ2) is 7.24. The maximum absolute atomic E-state index is 14.1. The van der Waals surface area contributed by atoms with Crippen LogP contribution >= 0.6 is 0 Å². The van der Waals surface area contributed by atoms with Crippen LogP contribution in [0.2, 0.25) is 0 Å². The predicted molar refractivity (Wildman–Crippen MR) is 101 cm³/mol. The zero-order chi connectivity index (χ0) is 18.8. The van der Waals surface area contributed by atoms with Gasteiger partial charge in [0.25, 0.3) is 5.56 Å². The summed E-state index contributed by atoms with van der Waals surface area (Å²) in [5, 5.41) is 3.62. The van der Waals surface area contributed by atoms with E-state index in [0.29, 0.717) is 22.3 Å². The van der Waals surface area contributed by atoms with Gasteiger partial charge in [-0.25, -0.2) is 19.3 Å². The van der Waals surface area contributed by atoms with Crippen molar-refractivity contribution in [1.29, 1.82) is 0 Å². The van der Waals surface area contributed by atoms with Gasteiger partial charge in [0.1, 0.15) is 0 Å². The van der Waals surface area contributed by atoms with Crippen LogP contribution in [0.1, 0.15) is 18.5 Å². The van der Waals surface area contributed by atoms with Crippen LogP contribution in [-0.4, -0.2) is 37.4 Å². The first-order valence-corrected chi connectivity index (χ1v) is 8.82. The van der Waals surface area contributed by atoms with Crippen molar-refractivity contribution in [2.75, 3.05) is 13.1 Å². The molecule has 1 saturated heterocycles. The Labute approximate surface area is 154 Å². The summed E-state index contributed by atoms with van der Waals surface area (Å²) in [6, 6.07) is 3.02. The van der Waals surface area contributed by atoms with Crippen molar-refractivity contribution in [3.8, 4) is 11.4 Å². The third kappa shape index (κ3) is 3.56. The van der Waals surface area contributed by atoms with Crippen LogP contribution in [0.4, 0.5) is 4.39 Å². The van der Waals surface area contributed by atoms with Gasteiger partial charge in [-0.3, -0.25) is 4.79 Å². The maximum atomic E-state index is 14.1. The summed E-state index contributed by atoms with van der Waals surface area (Å²) < 4.78 is 15.7. The Balaban J connectivity index is 0.000000314. The van der Waals surface area contributed by atoms with Crippen molar-refractivity contribution in [3.63, 3.8) is 0 Å². The van der Waals surface area contributed by atoms with E-state index < -0.39 is 5.82 Å². The molecule has 5 rings (SSSR count). The number of H-pyrrole nitrogens is 1. The molecule has 7 nitrogen and oxygen atoms in total. The second-order valence-electron chi connectivity index (χ2n) is 6.45. The smallest absolute Gasteiger partial charge is 0.258 e. The summed E-state index contributed by atoms with van der Waals surface area (Å²) in [5.74, 6) is -0.0922. The first kappa shape index (κ1) is 17.3. The molecule has 4 aromatic heterocycles. The number of imidazole rings is 1. The number of nitrogens with zero attached hydrogens (tertiary/aromatic N) is 4. The molecule has 1 fully saturated rings. The van der Waals surface area contributed by atoms with Crippen molar-refractivity contribution in [2.45, 2.75) is 19.8 Å². The number of aromatic nitrogens is 5. The van der Waals surface area contributed by atoms with Gasteiger partial charge in [-0.05, 0) is 45.0 Å². The minimum atomic E-state index is -0.444. The van der Waals surface area contributed by atoms with Crippen molar-refractivity contribution in [3.05, 3.63) is 58.8 Å². The summed E-state index contributed by atoms with van der Waals surface area (Å²) >= 11 is 0. The standard InChI is InChI=1S/C15H10FN5O.C4H9N/c1-8-6-21-7-9(4-11(16)14(21)19-8)13-18-5-10-12(20-13)2-3-17-15(10)22;1-2-4-5-3-1/h2-7H,1H3,(H,17,22);5H,1-4H2. The number of halogens is 1. The predicted octanol–water partition coefficient (Wildman–Crippen LogP) is 2.45. The fraction of sp³-hybridized carbons (Fsp3) is 0.263. The number of hydrogen-bond acceptors (Lipinski definition) is 5. The quantitative estimate of drug-likeness (QED) is 0.540. The minimum Gasteiger partial charge on any atom is -0.328 e. The average molecular weight is 366 g/mol. The Morgan fingerprint density at radius 2 is 2.00 bits per heavy atom. The second-order valence-corrected chi connectivity index (χ2v) is 6.45. The van der Waals surface area contributed by atoms with Crippen LogP contribution in [0.3, 0.4) is 0 Å². The topological polar surface area (TPSA) is 88.0 Å². The lowest BCUT2D eigenvalue weighted by atomic mass is 10.2. The first-order valence-electron chi connectivity index (χ1n) is 8.82. The van der Waals surface area contributed by atoms with Crippen molar-refractivity contribution in [1.82, 2.24) is 29.7 Å². The molecule has 4 aromatic rings. The highest BCUT2D eigenvalue weighted by molar-refractivity contribution is 5.78. The molecule has 0 radical (unpaired) electrons. The van der Waals surface area contributed by atoms with Gasteiger partial charge in [-0.15, -0.1) is 0 Å². The molecule has 138 valence electrons. The maximum Gasteiger partial charge on any atom is 0.258 e. The van der Waals surface area contributed by atoms with Crippen LogP contribution in [0.25, 0.3) is 27.9 Å². The molecule has 0 saturated carbocycles. The van der Waals surface area contributed by atoms with E-state index in [-0.39, 0.29) is 11.2 Å². The fourth-order valence-electron chi connectivity index (χ4n) is 3.04. The number of nitrogens with one attached hydrogen (secondary N) is 2. The number of aromatic amines is 1. The molecule has 0 amide bonds. The molecule has 0 spiro atoms. The third-order valence-corrected chi connectivity index (χ3v) is 4.36. The van der Waals surface area contributed by atoms with Gasteiger partial charge in [-0.1, -0.05) is 0 Å². The summed E-state index contributed by atoms with van der Waals surface area (Å²) in [5.41, 5.74) is 1.76. The first-order chi connectivity index (χ1) is 13.1. The van der Waals surface area contributed by atoms with Crippen LogP contribution in [0.15, 0.2) is 41.7 Å². The van der Waals surface area contributed by atoms with Crippen LogP contribution in [-0.2, 0) is 0 Å². The normalized spacial score (nSPS) is 13.7. The number of pyridine rings is 2. The van der Waals surface area contributed by atoms with E-state index in [1.807, 2.05) is 0 Å². The Morgan fingerprint density at radius 3 is 2.74 bits per heavy atom. The van der Waals surface area contributed by atoms with Crippen LogP contribution in [0.5, 0.6) is 0 Å². The fourth-order valence-corrected chi connectivity index (χ4v) is 3.04. The molecule has 27 heavy (non-hydrogen) atoms. The van der Waals surface area contributed by atoms with Gasteiger partial charge in [0.15, 0.2) is 17.3 Å². The van der Waals surface area contributed by atoms with Crippen LogP contribution < -0.4 is 10.9 Å². The molecule has 0 aromatic carbocycles. The molecule has 0 aliphatic carbocycles. The monoisotopic (exact) mass is 366 g/mol. The highest BCUT2D eigenvalue weighted by atomic mass is 19.1. The van der Waals surface area contributed by atoms with E-state index in [4.69, 9.17) is 0 Å². The SMILES string of the molecule is C1CCNC1.Cc1cn2cc(-c3ncc4c(=O)[nH]ccc4n3)cc(F)c2n1. The van der Waals surface area contributed by atoms with E-state index in [1.54, 1.807) is 29.8 Å². The van der Waals surface area contributed by atoms with Gasteiger partial charge >= 0.3 is 0 Å². The summed E-state index contributed by atoms with van der Waals surface area (Å²) in [7, 11) is 0. The Bertz CT molecular complexity index is 1150. The van der Waals surface area contributed by atoms with Gasteiger partial charge < -0.3 is 14.7 Å². The lowest BCUT2D eigenvalue weighted by Crippen LogP contribution is -2.06. The van der Waals surface area contributed by atoms with Crippen molar-refractivity contribution >= 4 is 16.6 Å². The molecular formula is C19H19FN6O. The lowest BCUT2D eigenvalue weighted by Gasteiger charge is -2.03. The largest absolute Gasteiger partial charge is 0.328 e. The van der Waals surface area contributed by atoms with E-state index in [2.05, 4.69) is 25.3 Å². The number of fused-ring (bicyclic) bond motifs is 2. The number of rotatable bonds is 1. The molecular weight excluding hydrogens is 347 g/mol. The van der Waals surface area contributed by atoms with Gasteiger partial charge in [0.2, 0.25) is 0 Å². The van der Waals surface area contributed by atoms with Gasteiger partial charge in [-0.2, -0.15) is 0 Å².